The molecule has 0 bridgehead atoms. The standard InChI is InChI=1S/C15H29N3/c1-2-16-15-7-3-5-13(15)11-17-9-10-18-8-4-6-14(18)12-17/h13-16H,2-12H2,1H3. The highest BCUT2D eigenvalue weighted by molar-refractivity contribution is 4.90. The van der Waals surface area contributed by atoms with E-state index < -0.39 is 0 Å². The zero-order chi connectivity index (χ0) is 12.4. The van der Waals surface area contributed by atoms with E-state index in [1.807, 2.05) is 0 Å². The van der Waals surface area contributed by atoms with Crippen molar-refractivity contribution >= 4 is 0 Å². The average molecular weight is 251 g/mol. The summed E-state index contributed by atoms with van der Waals surface area (Å²) in [5, 5.41) is 3.69. The molecule has 3 unspecified atom stereocenters. The number of hydrogen-bond donors (Lipinski definition) is 1. The quantitative estimate of drug-likeness (QED) is 0.818. The summed E-state index contributed by atoms with van der Waals surface area (Å²) >= 11 is 0. The third-order valence-corrected chi connectivity index (χ3v) is 5.29. The molecule has 0 aromatic heterocycles. The van der Waals surface area contributed by atoms with E-state index in [9.17, 15) is 0 Å². The number of hydrogen-bond acceptors (Lipinski definition) is 3. The van der Waals surface area contributed by atoms with Crippen LogP contribution in [-0.4, -0.2) is 61.2 Å². The van der Waals surface area contributed by atoms with E-state index in [0.29, 0.717) is 0 Å². The minimum absolute atomic E-state index is 0.802. The lowest BCUT2D eigenvalue weighted by Gasteiger charge is -2.39. The van der Waals surface area contributed by atoms with Crippen LogP contribution in [0.4, 0.5) is 0 Å². The third kappa shape index (κ3) is 2.73. The van der Waals surface area contributed by atoms with Crippen molar-refractivity contribution in [1.82, 2.24) is 15.1 Å². The molecule has 3 fully saturated rings. The topological polar surface area (TPSA) is 18.5 Å². The molecule has 18 heavy (non-hydrogen) atoms. The van der Waals surface area contributed by atoms with E-state index in [2.05, 4.69) is 22.0 Å². The fourth-order valence-corrected chi connectivity index (χ4v) is 4.34. The van der Waals surface area contributed by atoms with Gasteiger partial charge >= 0.3 is 0 Å². The Labute approximate surface area is 112 Å². The van der Waals surface area contributed by atoms with E-state index in [1.54, 1.807) is 0 Å². The Bertz CT molecular complexity index is 268. The van der Waals surface area contributed by atoms with Crippen LogP contribution in [-0.2, 0) is 0 Å². The van der Waals surface area contributed by atoms with Gasteiger partial charge in [0.15, 0.2) is 0 Å². The molecule has 3 atom stereocenters. The molecule has 0 spiro atoms. The van der Waals surface area contributed by atoms with Gasteiger partial charge in [-0.25, -0.2) is 0 Å². The minimum Gasteiger partial charge on any atom is -0.314 e. The predicted octanol–water partition coefficient (Wildman–Crippen LogP) is 1.54. The monoisotopic (exact) mass is 251 g/mol. The van der Waals surface area contributed by atoms with Gasteiger partial charge in [0.2, 0.25) is 0 Å². The Kier molecular flexibility index (Phi) is 4.22. The first-order chi connectivity index (χ1) is 8.86. The lowest BCUT2D eigenvalue weighted by molar-refractivity contribution is 0.0886. The van der Waals surface area contributed by atoms with Gasteiger partial charge in [0.1, 0.15) is 0 Å². The summed E-state index contributed by atoms with van der Waals surface area (Å²) in [5.41, 5.74) is 0. The number of fused-ring (bicyclic) bond motifs is 1. The number of rotatable bonds is 4. The molecule has 0 amide bonds. The van der Waals surface area contributed by atoms with Gasteiger partial charge in [-0.1, -0.05) is 13.3 Å². The van der Waals surface area contributed by atoms with Crippen LogP contribution in [0.2, 0.25) is 0 Å². The van der Waals surface area contributed by atoms with Crippen molar-refractivity contribution in [1.29, 1.82) is 0 Å². The van der Waals surface area contributed by atoms with Crippen molar-refractivity contribution in [2.75, 3.05) is 39.3 Å². The van der Waals surface area contributed by atoms with Crippen LogP contribution in [0, 0.1) is 5.92 Å². The summed E-state index contributed by atoms with van der Waals surface area (Å²) in [4.78, 5) is 5.47. The summed E-state index contributed by atoms with van der Waals surface area (Å²) in [6.07, 6.45) is 7.16. The van der Waals surface area contributed by atoms with Crippen LogP contribution in [0.5, 0.6) is 0 Å². The molecule has 0 aromatic rings. The maximum Gasteiger partial charge on any atom is 0.0224 e. The maximum absolute atomic E-state index is 3.69. The first kappa shape index (κ1) is 12.9. The number of nitrogens with zero attached hydrogens (tertiary/aromatic N) is 2. The Hall–Kier alpha value is -0.120. The zero-order valence-corrected chi connectivity index (χ0v) is 11.9. The fraction of sp³-hybridized carbons (Fsp3) is 1.00. The fourth-order valence-electron chi connectivity index (χ4n) is 4.34. The lowest BCUT2D eigenvalue weighted by atomic mass is 10.0. The van der Waals surface area contributed by atoms with E-state index in [0.717, 1.165) is 24.5 Å². The van der Waals surface area contributed by atoms with Gasteiger partial charge in [0.25, 0.3) is 0 Å². The molecule has 104 valence electrons. The molecule has 3 rings (SSSR count). The molecular weight excluding hydrogens is 222 g/mol. The second kappa shape index (κ2) is 5.89. The molecular formula is C15H29N3. The molecule has 1 saturated carbocycles. The minimum atomic E-state index is 0.802. The SMILES string of the molecule is CCNC1CCCC1CN1CCN2CCCC2C1. The summed E-state index contributed by atoms with van der Waals surface area (Å²) in [6, 6.07) is 1.69. The molecule has 0 radical (unpaired) electrons. The van der Waals surface area contributed by atoms with Crippen molar-refractivity contribution in [3.63, 3.8) is 0 Å². The molecule has 1 aliphatic carbocycles. The Morgan fingerprint density at radius 1 is 1.06 bits per heavy atom. The van der Waals surface area contributed by atoms with Gasteiger partial charge in [-0.2, -0.15) is 0 Å². The maximum atomic E-state index is 3.69. The van der Waals surface area contributed by atoms with Crippen LogP contribution in [0.25, 0.3) is 0 Å². The van der Waals surface area contributed by atoms with Crippen molar-refractivity contribution in [2.45, 2.75) is 51.1 Å². The second-order valence-electron chi connectivity index (χ2n) is 6.45. The number of piperazine rings is 1. The van der Waals surface area contributed by atoms with Crippen molar-refractivity contribution in [2.24, 2.45) is 5.92 Å². The van der Waals surface area contributed by atoms with Crippen LogP contribution in [0.15, 0.2) is 0 Å². The molecule has 1 N–H and O–H groups in total. The Morgan fingerprint density at radius 2 is 2.00 bits per heavy atom. The Morgan fingerprint density at radius 3 is 2.89 bits per heavy atom. The van der Waals surface area contributed by atoms with E-state index in [1.165, 1.54) is 64.8 Å². The smallest absolute Gasteiger partial charge is 0.0224 e. The zero-order valence-electron chi connectivity index (χ0n) is 11.9. The molecule has 3 aliphatic rings. The normalized spacial score (nSPS) is 38.2. The van der Waals surface area contributed by atoms with Crippen molar-refractivity contribution < 1.29 is 0 Å². The van der Waals surface area contributed by atoms with Gasteiger partial charge in [-0.3, -0.25) is 4.90 Å². The first-order valence-corrected chi connectivity index (χ1v) is 8.06. The van der Waals surface area contributed by atoms with Gasteiger partial charge < -0.3 is 10.2 Å². The highest BCUT2D eigenvalue weighted by atomic mass is 15.3. The third-order valence-electron chi connectivity index (χ3n) is 5.29. The first-order valence-electron chi connectivity index (χ1n) is 8.06. The molecule has 0 aromatic carbocycles. The largest absolute Gasteiger partial charge is 0.314 e. The summed E-state index contributed by atoms with van der Waals surface area (Å²) in [7, 11) is 0. The average Bonchev–Trinajstić information content (AvgIpc) is 2.99. The molecule has 3 nitrogen and oxygen atoms in total. The van der Waals surface area contributed by atoms with Crippen molar-refractivity contribution in [3.8, 4) is 0 Å². The summed E-state index contributed by atoms with van der Waals surface area (Å²) in [6.45, 7) is 10.1. The van der Waals surface area contributed by atoms with Gasteiger partial charge in [-0.15, -0.1) is 0 Å². The van der Waals surface area contributed by atoms with E-state index in [4.69, 9.17) is 0 Å². The molecule has 2 aliphatic heterocycles. The van der Waals surface area contributed by atoms with Crippen LogP contribution in [0.1, 0.15) is 39.0 Å². The lowest BCUT2D eigenvalue weighted by Crippen LogP contribution is -2.52. The van der Waals surface area contributed by atoms with Gasteiger partial charge in [0, 0.05) is 38.3 Å². The van der Waals surface area contributed by atoms with Gasteiger partial charge in [0.05, 0.1) is 0 Å². The van der Waals surface area contributed by atoms with Crippen LogP contribution in [0.3, 0.4) is 0 Å². The Balaban J connectivity index is 1.50. The molecule has 2 saturated heterocycles. The molecule has 3 heteroatoms. The molecule has 2 heterocycles. The van der Waals surface area contributed by atoms with Crippen LogP contribution < -0.4 is 5.32 Å². The highest BCUT2D eigenvalue weighted by Gasteiger charge is 2.33. The van der Waals surface area contributed by atoms with Gasteiger partial charge in [-0.05, 0) is 44.7 Å². The predicted molar refractivity (Wildman–Crippen MR) is 75.8 cm³/mol. The highest BCUT2D eigenvalue weighted by Crippen LogP contribution is 2.28. The van der Waals surface area contributed by atoms with E-state index in [-0.39, 0.29) is 0 Å². The summed E-state index contributed by atoms with van der Waals surface area (Å²) < 4.78 is 0. The van der Waals surface area contributed by atoms with Crippen molar-refractivity contribution in [3.05, 3.63) is 0 Å². The van der Waals surface area contributed by atoms with Crippen LogP contribution >= 0.6 is 0 Å². The number of nitrogens with one attached hydrogen (secondary N) is 1. The van der Waals surface area contributed by atoms with E-state index >= 15 is 0 Å². The second-order valence-corrected chi connectivity index (χ2v) is 6.45. The summed E-state index contributed by atoms with van der Waals surface area (Å²) in [5.74, 6) is 0.915.